The monoisotopic (exact) mass is 276 g/mol. The van der Waals surface area contributed by atoms with Gasteiger partial charge in [0.2, 0.25) is 0 Å². The molecule has 104 valence electrons. The number of aromatic nitrogens is 1. The molecule has 3 N–H and O–H groups in total. The molecule has 0 bridgehead atoms. The third-order valence-electron chi connectivity index (χ3n) is 3.04. The van der Waals surface area contributed by atoms with E-state index in [1.165, 1.54) is 23.8 Å². The van der Waals surface area contributed by atoms with E-state index in [1.807, 2.05) is 0 Å². The summed E-state index contributed by atoms with van der Waals surface area (Å²) in [6, 6.07) is 5.98. The highest BCUT2D eigenvalue weighted by Gasteiger charge is 2.16. The zero-order valence-electron chi connectivity index (χ0n) is 10.7. The van der Waals surface area contributed by atoms with E-state index in [2.05, 4.69) is 4.98 Å². The Morgan fingerprint density at radius 2 is 2.00 bits per heavy atom. The number of aromatic hydroxyl groups is 1. The van der Waals surface area contributed by atoms with Gasteiger partial charge in [-0.3, -0.25) is 10.0 Å². The van der Waals surface area contributed by atoms with Crippen molar-refractivity contribution in [3.8, 4) is 5.75 Å². The number of hydrogen-bond donors (Lipinski definition) is 3. The van der Waals surface area contributed by atoms with Crippen LogP contribution in [0.4, 0.5) is 4.39 Å². The number of carbonyl (C=O) groups excluding carboxylic acids is 1. The predicted octanol–water partition coefficient (Wildman–Crippen LogP) is 1.94. The van der Waals surface area contributed by atoms with E-state index in [0.717, 1.165) is 5.56 Å². The fourth-order valence-electron chi connectivity index (χ4n) is 1.85. The van der Waals surface area contributed by atoms with Crippen LogP contribution >= 0.6 is 0 Å². The minimum Gasteiger partial charge on any atom is -0.505 e. The maximum atomic E-state index is 12.8. The van der Waals surface area contributed by atoms with E-state index in [4.69, 9.17) is 5.21 Å². The number of halogens is 1. The van der Waals surface area contributed by atoms with Crippen LogP contribution in [0.1, 0.15) is 27.2 Å². The van der Waals surface area contributed by atoms with Gasteiger partial charge in [-0.25, -0.2) is 14.9 Å². The van der Waals surface area contributed by atoms with Crippen molar-refractivity contribution in [2.45, 2.75) is 13.3 Å². The van der Waals surface area contributed by atoms with Crippen LogP contribution < -0.4 is 5.48 Å². The first-order chi connectivity index (χ1) is 9.52. The molecule has 0 aliphatic carbocycles. The van der Waals surface area contributed by atoms with Gasteiger partial charge in [0, 0.05) is 6.20 Å². The number of nitrogens with one attached hydrogen (secondary N) is 1. The van der Waals surface area contributed by atoms with Gasteiger partial charge in [-0.2, -0.15) is 0 Å². The summed E-state index contributed by atoms with van der Waals surface area (Å²) in [7, 11) is 0. The molecule has 0 saturated heterocycles. The third-order valence-corrected chi connectivity index (χ3v) is 3.04. The van der Waals surface area contributed by atoms with Crippen molar-refractivity contribution >= 4 is 5.91 Å². The topological polar surface area (TPSA) is 82.5 Å². The zero-order chi connectivity index (χ0) is 14.7. The van der Waals surface area contributed by atoms with Crippen molar-refractivity contribution in [2.24, 2.45) is 0 Å². The van der Waals surface area contributed by atoms with Crippen molar-refractivity contribution < 1.29 is 19.5 Å². The summed E-state index contributed by atoms with van der Waals surface area (Å²) in [5.41, 5.74) is 3.24. The zero-order valence-corrected chi connectivity index (χ0v) is 10.7. The average molecular weight is 276 g/mol. The summed E-state index contributed by atoms with van der Waals surface area (Å²) in [4.78, 5) is 15.1. The quantitative estimate of drug-likeness (QED) is 0.591. The average Bonchev–Trinajstić information content (AvgIpc) is 2.45. The summed E-state index contributed by atoms with van der Waals surface area (Å²) in [5, 5.41) is 18.5. The van der Waals surface area contributed by atoms with Crippen LogP contribution in [0, 0.1) is 12.7 Å². The first kappa shape index (κ1) is 14.0. The highest BCUT2D eigenvalue weighted by Crippen LogP contribution is 2.25. The summed E-state index contributed by atoms with van der Waals surface area (Å²) >= 11 is 0. The van der Waals surface area contributed by atoms with Crippen molar-refractivity contribution in [1.29, 1.82) is 0 Å². The van der Waals surface area contributed by atoms with Gasteiger partial charge in [0.25, 0.3) is 5.91 Å². The van der Waals surface area contributed by atoms with Gasteiger partial charge in [-0.05, 0) is 42.2 Å². The summed E-state index contributed by atoms with van der Waals surface area (Å²) in [6.45, 7) is 1.64. The van der Waals surface area contributed by atoms with Crippen LogP contribution in [0.3, 0.4) is 0 Å². The maximum absolute atomic E-state index is 12.8. The molecule has 0 aliphatic heterocycles. The molecule has 0 unspecified atom stereocenters. The Morgan fingerprint density at radius 1 is 1.35 bits per heavy atom. The molecule has 2 aromatic rings. The van der Waals surface area contributed by atoms with E-state index >= 15 is 0 Å². The molecule has 5 nitrogen and oxygen atoms in total. The molecule has 0 fully saturated rings. The highest BCUT2D eigenvalue weighted by atomic mass is 19.1. The number of benzene rings is 1. The number of hydrogen-bond acceptors (Lipinski definition) is 4. The normalized spacial score (nSPS) is 10.3. The van der Waals surface area contributed by atoms with Gasteiger partial charge in [0.15, 0.2) is 5.69 Å². The Labute approximate surface area is 114 Å². The Balaban J connectivity index is 2.32. The van der Waals surface area contributed by atoms with E-state index in [0.29, 0.717) is 17.5 Å². The second-order valence-corrected chi connectivity index (χ2v) is 4.35. The van der Waals surface area contributed by atoms with Gasteiger partial charge in [-0.1, -0.05) is 12.1 Å². The van der Waals surface area contributed by atoms with Crippen LogP contribution in [-0.4, -0.2) is 21.2 Å². The summed E-state index contributed by atoms with van der Waals surface area (Å²) in [5.74, 6) is -1.48. The van der Waals surface area contributed by atoms with Gasteiger partial charge in [0.1, 0.15) is 11.6 Å². The van der Waals surface area contributed by atoms with Crippen LogP contribution in [-0.2, 0) is 6.42 Å². The first-order valence-corrected chi connectivity index (χ1v) is 5.89. The molecule has 0 atom stereocenters. The molecule has 6 heteroatoms. The molecule has 1 aromatic carbocycles. The molecule has 1 amide bonds. The molecule has 1 aromatic heterocycles. The van der Waals surface area contributed by atoms with E-state index < -0.39 is 5.91 Å². The Bertz CT molecular complexity index is 642. The molecule has 0 spiro atoms. The Morgan fingerprint density at radius 3 is 2.60 bits per heavy atom. The van der Waals surface area contributed by atoms with Crippen molar-refractivity contribution in [3.63, 3.8) is 0 Å². The standard InChI is InChI=1S/C14H13FN2O3/c1-8-10(6-9-2-4-11(15)5-3-9)7-16-12(13(8)18)14(19)17-20/h2-5,7,18,20H,6H2,1H3,(H,17,19). The number of amides is 1. The number of carbonyl (C=O) groups is 1. The SMILES string of the molecule is Cc1c(Cc2ccc(F)cc2)cnc(C(=O)NO)c1O. The molecular weight excluding hydrogens is 263 g/mol. The summed E-state index contributed by atoms with van der Waals surface area (Å²) < 4.78 is 12.8. The van der Waals surface area contributed by atoms with Gasteiger partial charge in [0.05, 0.1) is 0 Å². The van der Waals surface area contributed by atoms with Crippen molar-refractivity contribution in [2.75, 3.05) is 0 Å². The van der Waals surface area contributed by atoms with Crippen LogP contribution in [0.25, 0.3) is 0 Å². The molecule has 1 heterocycles. The number of nitrogens with zero attached hydrogens (tertiary/aromatic N) is 1. The number of pyridine rings is 1. The lowest BCUT2D eigenvalue weighted by Crippen LogP contribution is -2.20. The minimum atomic E-state index is -0.876. The lowest BCUT2D eigenvalue weighted by Gasteiger charge is -2.10. The van der Waals surface area contributed by atoms with Crippen LogP contribution in [0.15, 0.2) is 30.5 Å². The number of hydroxylamine groups is 1. The third kappa shape index (κ3) is 2.75. The number of rotatable bonds is 3. The summed E-state index contributed by atoms with van der Waals surface area (Å²) in [6.07, 6.45) is 1.90. The van der Waals surface area contributed by atoms with Gasteiger partial charge >= 0.3 is 0 Å². The fourth-order valence-corrected chi connectivity index (χ4v) is 1.85. The largest absolute Gasteiger partial charge is 0.505 e. The smallest absolute Gasteiger partial charge is 0.297 e. The van der Waals surface area contributed by atoms with E-state index in [-0.39, 0.29) is 17.3 Å². The van der Waals surface area contributed by atoms with Crippen LogP contribution in [0.5, 0.6) is 5.75 Å². The van der Waals surface area contributed by atoms with Crippen molar-refractivity contribution in [1.82, 2.24) is 10.5 Å². The molecule has 0 saturated carbocycles. The molecule has 0 radical (unpaired) electrons. The second kappa shape index (κ2) is 5.66. The second-order valence-electron chi connectivity index (χ2n) is 4.35. The lowest BCUT2D eigenvalue weighted by molar-refractivity contribution is 0.0697. The first-order valence-electron chi connectivity index (χ1n) is 5.89. The van der Waals surface area contributed by atoms with E-state index in [9.17, 15) is 14.3 Å². The predicted molar refractivity (Wildman–Crippen MR) is 69.1 cm³/mol. The lowest BCUT2D eigenvalue weighted by atomic mass is 10.0. The maximum Gasteiger partial charge on any atom is 0.297 e. The van der Waals surface area contributed by atoms with Crippen molar-refractivity contribution in [3.05, 3.63) is 58.7 Å². The van der Waals surface area contributed by atoms with Crippen LogP contribution in [0.2, 0.25) is 0 Å². The molecule has 20 heavy (non-hydrogen) atoms. The molecule has 0 aliphatic rings. The molecule has 2 rings (SSSR count). The minimum absolute atomic E-state index is 0.243. The van der Waals surface area contributed by atoms with Gasteiger partial charge < -0.3 is 5.11 Å². The highest BCUT2D eigenvalue weighted by molar-refractivity contribution is 5.94. The molecular formula is C14H13FN2O3. The van der Waals surface area contributed by atoms with Gasteiger partial charge in [-0.15, -0.1) is 0 Å². The Hall–Kier alpha value is -2.47. The Kier molecular flexibility index (Phi) is 3.95. The fraction of sp³-hybridized carbons (Fsp3) is 0.143. The van der Waals surface area contributed by atoms with E-state index in [1.54, 1.807) is 19.1 Å².